The molecule has 0 radical (unpaired) electrons. The highest BCUT2D eigenvalue weighted by Gasteiger charge is 2.30. The van der Waals surface area contributed by atoms with Crippen LogP contribution in [0.2, 0.25) is 0 Å². The molecule has 0 heterocycles. The molecule has 1 atom stereocenters. The van der Waals surface area contributed by atoms with Gasteiger partial charge in [-0.15, -0.1) is 19.8 Å². The Labute approximate surface area is 85.2 Å². The van der Waals surface area contributed by atoms with E-state index in [4.69, 9.17) is 5.73 Å². The second-order valence-corrected chi connectivity index (χ2v) is 2.88. The lowest BCUT2D eigenvalue weighted by Gasteiger charge is -2.10. The minimum absolute atomic E-state index is 0.262. The van der Waals surface area contributed by atoms with Gasteiger partial charge in [-0.1, -0.05) is 18.2 Å². The lowest BCUT2D eigenvalue weighted by Crippen LogP contribution is -2.17. The first kappa shape index (κ1) is 11.6. The Morgan fingerprint density at radius 1 is 1.27 bits per heavy atom. The number of nitrogens with two attached hydrogens (primary N) is 1. The molecule has 0 amide bonds. The predicted molar refractivity (Wildman–Crippen MR) is 50.3 cm³/mol. The first-order valence-electron chi connectivity index (χ1n) is 4.16. The Morgan fingerprint density at radius 2 is 1.80 bits per heavy atom. The van der Waals surface area contributed by atoms with Gasteiger partial charge in [0.05, 0.1) is 0 Å². The van der Waals surface area contributed by atoms with Gasteiger partial charge in [0.15, 0.2) is 0 Å². The minimum atomic E-state index is -4.66. The molecule has 1 rings (SSSR count). The van der Waals surface area contributed by atoms with Crippen LogP contribution in [0.1, 0.15) is 11.6 Å². The van der Waals surface area contributed by atoms with Gasteiger partial charge in [0.25, 0.3) is 0 Å². The van der Waals surface area contributed by atoms with Crippen molar-refractivity contribution in [1.82, 2.24) is 0 Å². The molecule has 0 saturated heterocycles. The number of hydrogen-bond acceptors (Lipinski definition) is 2. The number of ether oxygens (including phenoxy) is 1. The summed E-state index contributed by atoms with van der Waals surface area (Å²) in [5.41, 5.74) is 6.27. The van der Waals surface area contributed by atoms with Crippen LogP contribution in [-0.4, -0.2) is 6.36 Å². The third-order valence-electron chi connectivity index (χ3n) is 1.75. The molecular weight excluding hydrogens is 207 g/mol. The maximum absolute atomic E-state index is 11.8. The van der Waals surface area contributed by atoms with Gasteiger partial charge in [-0.2, -0.15) is 0 Å². The van der Waals surface area contributed by atoms with E-state index in [9.17, 15) is 13.2 Å². The highest BCUT2D eigenvalue weighted by atomic mass is 19.4. The average molecular weight is 217 g/mol. The summed E-state index contributed by atoms with van der Waals surface area (Å²) in [5, 5.41) is 0. The zero-order valence-electron chi connectivity index (χ0n) is 7.79. The molecule has 0 fully saturated rings. The highest BCUT2D eigenvalue weighted by molar-refractivity contribution is 5.30. The van der Waals surface area contributed by atoms with E-state index in [1.165, 1.54) is 30.3 Å². The summed E-state index contributed by atoms with van der Waals surface area (Å²) < 4.78 is 39.1. The third-order valence-corrected chi connectivity index (χ3v) is 1.75. The van der Waals surface area contributed by atoms with Crippen molar-refractivity contribution in [2.75, 3.05) is 0 Å². The van der Waals surface area contributed by atoms with Crippen molar-refractivity contribution in [1.29, 1.82) is 0 Å². The van der Waals surface area contributed by atoms with Crippen LogP contribution in [0.4, 0.5) is 13.2 Å². The quantitative estimate of drug-likeness (QED) is 0.790. The van der Waals surface area contributed by atoms with Gasteiger partial charge >= 0.3 is 6.36 Å². The minimum Gasteiger partial charge on any atom is -0.406 e. The molecule has 0 unspecified atom stereocenters. The van der Waals surface area contributed by atoms with Crippen LogP contribution in [0, 0.1) is 0 Å². The number of hydrogen-bond donors (Lipinski definition) is 1. The van der Waals surface area contributed by atoms with Crippen molar-refractivity contribution in [3.63, 3.8) is 0 Å². The Kier molecular flexibility index (Phi) is 3.36. The first-order chi connectivity index (χ1) is 6.92. The second-order valence-electron chi connectivity index (χ2n) is 2.88. The molecule has 0 aliphatic carbocycles. The third kappa shape index (κ3) is 3.63. The first-order valence-corrected chi connectivity index (χ1v) is 4.16. The summed E-state index contributed by atoms with van der Waals surface area (Å²) in [6.45, 7) is 3.48. The van der Waals surface area contributed by atoms with Crippen LogP contribution in [0.15, 0.2) is 36.9 Å². The Balaban J connectivity index is 2.77. The van der Waals surface area contributed by atoms with Crippen LogP contribution in [0.3, 0.4) is 0 Å². The van der Waals surface area contributed by atoms with Gasteiger partial charge in [0.1, 0.15) is 5.75 Å². The Hall–Kier alpha value is -1.49. The van der Waals surface area contributed by atoms with E-state index in [1.807, 2.05) is 0 Å². The molecule has 0 aliphatic rings. The molecule has 0 saturated carbocycles. The van der Waals surface area contributed by atoms with Crippen molar-refractivity contribution >= 4 is 0 Å². The van der Waals surface area contributed by atoms with E-state index in [0.717, 1.165) is 0 Å². The fourth-order valence-electron chi connectivity index (χ4n) is 1.03. The van der Waals surface area contributed by atoms with Crippen LogP contribution >= 0.6 is 0 Å². The molecule has 0 spiro atoms. The monoisotopic (exact) mass is 217 g/mol. The molecule has 2 nitrogen and oxygen atoms in total. The molecule has 5 heteroatoms. The summed E-state index contributed by atoms with van der Waals surface area (Å²) in [5.74, 6) is -0.262. The van der Waals surface area contributed by atoms with Gasteiger partial charge in [0.2, 0.25) is 0 Å². The largest absolute Gasteiger partial charge is 0.573 e. The summed E-state index contributed by atoms with van der Waals surface area (Å²) in [6, 6.07) is 4.98. The normalized spacial score (nSPS) is 13.3. The molecule has 82 valence electrons. The summed E-state index contributed by atoms with van der Waals surface area (Å²) in [7, 11) is 0. The van der Waals surface area contributed by atoms with Crippen LogP contribution in [0.25, 0.3) is 0 Å². The summed E-state index contributed by atoms with van der Waals surface area (Å²) >= 11 is 0. The average Bonchev–Trinajstić information content (AvgIpc) is 2.15. The van der Waals surface area contributed by atoms with E-state index in [-0.39, 0.29) is 11.8 Å². The predicted octanol–water partition coefficient (Wildman–Crippen LogP) is 2.77. The van der Waals surface area contributed by atoms with E-state index in [2.05, 4.69) is 11.3 Å². The SMILES string of the molecule is C=C[C@H](N)c1ccc(OC(F)(F)F)cc1. The zero-order valence-corrected chi connectivity index (χ0v) is 7.79. The highest BCUT2D eigenvalue weighted by Crippen LogP contribution is 2.23. The number of alkyl halides is 3. The van der Waals surface area contributed by atoms with Crippen molar-refractivity contribution in [2.45, 2.75) is 12.4 Å². The van der Waals surface area contributed by atoms with Gasteiger partial charge in [0, 0.05) is 6.04 Å². The van der Waals surface area contributed by atoms with Crippen LogP contribution in [-0.2, 0) is 0 Å². The summed E-state index contributed by atoms with van der Waals surface area (Å²) in [6.07, 6.45) is -3.16. The summed E-state index contributed by atoms with van der Waals surface area (Å²) in [4.78, 5) is 0. The van der Waals surface area contributed by atoms with Gasteiger partial charge in [-0.05, 0) is 17.7 Å². The standard InChI is InChI=1S/C10H10F3NO/c1-2-9(14)7-3-5-8(6-4-7)15-10(11,12)13/h2-6,9H,1,14H2/t9-/m0/s1. The van der Waals surface area contributed by atoms with E-state index in [1.54, 1.807) is 0 Å². The van der Waals surface area contributed by atoms with Gasteiger partial charge < -0.3 is 10.5 Å². The molecule has 0 aliphatic heterocycles. The molecule has 0 bridgehead atoms. The van der Waals surface area contributed by atoms with Crippen LogP contribution in [0.5, 0.6) is 5.75 Å². The molecular formula is C10H10F3NO. The number of halogens is 3. The smallest absolute Gasteiger partial charge is 0.406 e. The molecule has 1 aromatic rings. The fraction of sp³-hybridized carbons (Fsp3) is 0.200. The van der Waals surface area contributed by atoms with E-state index < -0.39 is 6.36 Å². The van der Waals surface area contributed by atoms with E-state index >= 15 is 0 Å². The van der Waals surface area contributed by atoms with Crippen molar-refractivity contribution in [3.8, 4) is 5.75 Å². The topological polar surface area (TPSA) is 35.2 Å². The maximum Gasteiger partial charge on any atom is 0.573 e. The zero-order chi connectivity index (χ0) is 11.5. The van der Waals surface area contributed by atoms with Crippen molar-refractivity contribution in [3.05, 3.63) is 42.5 Å². The molecule has 2 N–H and O–H groups in total. The number of rotatable bonds is 3. The fourth-order valence-corrected chi connectivity index (χ4v) is 1.03. The lowest BCUT2D eigenvalue weighted by atomic mass is 10.1. The lowest BCUT2D eigenvalue weighted by molar-refractivity contribution is -0.274. The molecule has 1 aromatic carbocycles. The van der Waals surface area contributed by atoms with Crippen molar-refractivity contribution < 1.29 is 17.9 Å². The molecule has 0 aromatic heterocycles. The van der Waals surface area contributed by atoms with Gasteiger partial charge in [-0.3, -0.25) is 0 Å². The van der Waals surface area contributed by atoms with E-state index in [0.29, 0.717) is 5.56 Å². The van der Waals surface area contributed by atoms with Gasteiger partial charge in [-0.25, -0.2) is 0 Å². The van der Waals surface area contributed by atoms with Crippen molar-refractivity contribution in [2.24, 2.45) is 5.73 Å². The number of benzene rings is 1. The Morgan fingerprint density at radius 3 is 2.20 bits per heavy atom. The van der Waals surface area contributed by atoms with Crippen LogP contribution < -0.4 is 10.5 Å². The maximum atomic E-state index is 11.8. The Bertz CT molecular complexity index is 332. The second kappa shape index (κ2) is 4.35. The molecule has 15 heavy (non-hydrogen) atoms.